The molecule has 0 N–H and O–H groups in total. The van der Waals surface area contributed by atoms with Gasteiger partial charge in [0.05, 0.1) is 11.0 Å². The van der Waals surface area contributed by atoms with Gasteiger partial charge in [-0.25, -0.2) is 4.98 Å². The molecule has 1 aliphatic rings. The fourth-order valence-electron chi connectivity index (χ4n) is 2.62. The molecule has 4 heteroatoms. The number of rotatable bonds is 6. The molecule has 19 heavy (non-hydrogen) atoms. The highest BCUT2D eigenvalue weighted by atomic mass is 35.5. The van der Waals surface area contributed by atoms with Gasteiger partial charge >= 0.3 is 0 Å². The lowest BCUT2D eigenvalue weighted by Gasteiger charge is -2.08. The second-order valence-corrected chi connectivity index (χ2v) is 6.15. The van der Waals surface area contributed by atoms with Crippen molar-refractivity contribution in [1.29, 1.82) is 0 Å². The molecule has 3 rings (SSSR count). The van der Waals surface area contributed by atoms with E-state index in [0.29, 0.717) is 5.88 Å². The van der Waals surface area contributed by atoms with Crippen LogP contribution in [0, 0.1) is 5.92 Å². The van der Waals surface area contributed by atoms with Crippen LogP contribution in [0.2, 0.25) is 5.02 Å². The van der Waals surface area contributed by atoms with Gasteiger partial charge in [-0.15, -0.1) is 11.6 Å². The van der Waals surface area contributed by atoms with Gasteiger partial charge < -0.3 is 4.57 Å². The van der Waals surface area contributed by atoms with Gasteiger partial charge in [0.25, 0.3) is 0 Å². The van der Waals surface area contributed by atoms with Gasteiger partial charge in [0.15, 0.2) is 0 Å². The summed E-state index contributed by atoms with van der Waals surface area (Å²) in [7, 11) is 0. The van der Waals surface area contributed by atoms with Gasteiger partial charge in [0, 0.05) is 23.9 Å². The van der Waals surface area contributed by atoms with E-state index in [9.17, 15) is 0 Å². The van der Waals surface area contributed by atoms with E-state index >= 15 is 0 Å². The van der Waals surface area contributed by atoms with Gasteiger partial charge in [0.2, 0.25) is 0 Å². The first-order valence-corrected chi connectivity index (χ1v) is 7.90. The Morgan fingerprint density at radius 3 is 2.89 bits per heavy atom. The highest BCUT2D eigenvalue weighted by Crippen LogP contribution is 2.34. The molecule has 0 aliphatic heterocycles. The van der Waals surface area contributed by atoms with Crippen molar-refractivity contribution in [2.24, 2.45) is 5.92 Å². The fourth-order valence-corrected chi connectivity index (χ4v) is 2.95. The molecule has 1 aromatic heterocycles. The van der Waals surface area contributed by atoms with E-state index in [0.717, 1.165) is 40.8 Å². The Hall–Kier alpha value is -0.730. The summed E-state index contributed by atoms with van der Waals surface area (Å²) in [6.07, 6.45) is 6.21. The van der Waals surface area contributed by atoms with Crippen LogP contribution in [-0.4, -0.2) is 15.4 Å². The number of aryl methyl sites for hydroxylation is 2. The molecule has 2 nitrogen and oxygen atoms in total. The maximum Gasteiger partial charge on any atom is 0.111 e. The number of hydrogen-bond acceptors (Lipinski definition) is 1. The van der Waals surface area contributed by atoms with E-state index in [1.165, 1.54) is 25.7 Å². The van der Waals surface area contributed by atoms with E-state index < -0.39 is 0 Å². The molecule has 1 fully saturated rings. The molecule has 0 bridgehead atoms. The van der Waals surface area contributed by atoms with Crippen LogP contribution in [0.25, 0.3) is 11.0 Å². The van der Waals surface area contributed by atoms with E-state index in [-0.39, 0.29) is 0 Å². The van der Waals surface area contributed by atoms with Gasteiger partial charge in [-0.05, 0) is 37.0 Å². The number of hydrogen-bond donors (Lipinski definition) is 0. The summed E-state index contributed by atoms with van der Waals surface area (Å²) in [6.45, 7) is 1.03. The largest absolute Gasteiger partial charge is 0.328 e. The Morgan fingerprint density at radius 1 is 1.32 bits per heavy atom. The minimum Gasteiger partial charge on any atom is -0.328 e. The molecule has 0 spiro atoms. The van der Waals surface area contributed by atoms with Crippen molar-refractivity contribution in [2.75, 3.05) is 5.88 Å². The smallest absolute Gasteiger partial charge is 0.111 e. The number of imidazole rings is 1. The molecule has 1 aliphatic carbocycles. The molecule has 0 radical (unpaired) electrons. The highest BCUT2D eigenvalue weighted by Gasteiger charge is 2.20. The van der Waals surface area contributed by atoms with Crippen LogP contribution in [0.5, 0.6) is 0 Å². The Labute approximate surface area is 123 Å². The van der Waals surface area contributed by atoms with Crippen molar-refractivity contribution in [1.82, 2.24) is 9.55 Å². The molecular weight excluding hydrogens is 279 g/mol. The standard InChI is InChI=1S/C15H18Cl2N2/c16-8-7-15-18-13-6-5-12(17)10-14(13)19(15)9-1-2-11-3-4-11/h5-6,10-11H,1-4,7-9H2. The van der Waals surface area contributed by atoms with Crippen molar-refractivity contribution < 1.29 is 0 Å². The first-order valence-electron chi connectivity index (χ1n) is 6.98. The normalized spacial score (nSPS) is 15.3. The van der Waals surface area contributed by atoms with Crippen molar-refractivity contribution in [2.45, 2.75) is 38.6 Å². The third kappa shape index (κ3) is 3.06. The molecule has 0 unspecified atom stereocenters. The molecule has 0 amide bonds. The second kappa shape index (κ2) is 5.72. The van der Waals surface area contributed by atoms with Gasteiger partial charge in [-0.2, -0.15) is 0 Å². The number of fused-ring (bicyclic) bond motifs is 1. The molecule has 2 aromatic rings. The van der Waals surface area contributed by atoms with Crippen LogP contribution >= 0.6 is 23.2 Å². The first kappa shape index (κ1) is 13.3. The lowest BCUT2D eigenvalue weighted by atomic mass is 10.2. The highest BCUT2D eigenvalue weighted by molar-refractivity contribution is 6.31. The number of nitrogens with zero attached hydrogens (tertiary/aromatic N) is 2. The van der Waals surface area contributed by atoms with Crippen molar-refractivity contribution in [3.63, 3.8) is 0 Å². The minimum absolute atomic E-state index is 0.611. The van der Waals surface area contributed by atoms with Crippen molar-refractivity contribution in [3.8, 4) is 0 Å². The number of benzene rings is 1. The molecule has 0 saturated heterocycles. The van der Waals surface area contributed by atoms with Gasteiger partial charge in [-0.3, -0.25) is 0 Å². The molecule has 0 atom stereocenters. The van der Waals surface area contributed by atoms with E-state index in [4.69, 9.17) is 23.2 Å². The number of aromatic nitrogens is 2. The number of alkyl halides is 1. The van der Waals surface area contributed by atoms with Crippen molar-refractivity contribution in [3.05, 3.63) is 29.0 Å². The summed E-state index contributed by atoms with van der Waals surface area (Å²) in [5.41, 5.74) is 2.17. The molecule has 1 aromatic carbocycles. The number of halogens is 2. The summed E-state index contributed by atoms with van der Waals surface area (Å²) in [4.78, 5) is 4.68. The van der Waals surface area contributed by atoms with Crippen LogP contribution in [0.4, 0.5) is 0 Å². The lowest BCUT2D eigenvalue weighted by Crippen LogP contribution is -2.05. The van der Waals surface area contributed by atoms with Crippen LogP contribution in [0.3, 0.4) is 0 Å². The summed E-state index contributed by atoms with van der Waals surface area (Å²) >= 11 is 12.0. The molecule has 1 saturated carbocycles. The van der Waals surface area contributed by atoms with Crippen LogP contribution < -0.4 is 0 Å². The van der Waals surface area contributed by atoms with Gasteiger partial charge in [-0.1, -0.05) is 24.4 Å². The van der Waals surface area contributed by atoms with E-state index in [2.05, 4.69) is 9.55 Å². The SMILES string of the molecule is ClCCc1nc2ccc(Cl)cc2n1CCCC1CC1. The zero-order valence-corrected chi connectivity index (χ0v) is 12.4. The maximum atomic E-state index is 6.10. The monoisotopic (exact) mass is 296 g/mol. The second-order valence-electron chi connectivity index (χ2n) is 5.34. The fraction of sp³-hybridized carbons (Fsp3) is 0.533. The summed E-state index contributed by atoms with van der Waals surface area (Å²) in [6, 6.07) is 5.90. The third-order valence-corrected chi connectivity index (χ3v) is 4.22. The predicted octanol–water partition coefficient (Wildman–Crippen LogP) is 4.66. The Morgan fingerprint density at radius 2 is 2.16 bits per heavy atom. The van der Waals surface area contributed by atoms with Crippen LogP contribution in [-0.2, 0) is 13.0 Å². The topological polar surface area (TPSA) is 17.8 Å². The molecule has 102 valence electrons. The quantitative estimate of drug-likeness (QED) is 0.709. The van der Waals surface area contributed by atoms with E-state index in [1.807, 2.05) is 18.2 Å². The van der Waals surface area contributed by atoms with Gasteiger partial charge in [0.1, 0.15) is 5.82 Å². The lowest BCUT2D eigenvalue weighted by molar-refractivity contribution is 0.571. The third-order valence-electron chi connectivity index (χ3n) is 3.80. The first-order chi connectivity index (χ1) is 9.28. The van der Waals surface area contributed by atoms with Crippen molar-refractivity contribution >= 4 is 34.2 Å². The Bertz CT molecular complexity index is 573. The Kier molecular flexibility index (Phi) is 3.99. The maximum absolute atomic E-state index is 6.10. The summed E-state index contributed by atoms with van der Waals surface area (Å²) < 4.78 is 2.30. The zero-order chi connectivity index (χ0) is 13.2. The zero-order valence-electron chi connectivity index (χ0n) is 10.9. The Balaban J connectivity index is 1.87. The molecule has 1 heterocycles. The average molecular weight is 297 g/mol. The summed E-state index contributed by atoms with van der Waals surface area (Å²) in [5, 5.41) is 0.772. The average Bonchev–Trinajstić information content (AvgIpc) is 3.15. The van der Waals surface area contributed by atoms with E-state index in [1.54, 1.807) is 0 Å². The predicted molar refractivity (Wildman–Crippen MR) is 81.1 cm³/mol. The summed E-state index contributed by atoms with van der Waals surface area (Å²) in [5.74, 6) is 2.68. The van der Waals surface area contributed by atoms with Crippen LogP contribution in [0.1, 0.15) is 31.5 Å². The van der Waals surface area contributed by atoms with Crippen LogP contribution in [0.15, 0.2) is 18.2 Å². The minimum atomic E-state index is 0.611. The molecular formula is C15H18Cl2N2.